The Hall–Kier alpha value is -2.91. The van der Waals surface area contributed by atoms with Gasteiger partial charge in [0.05, 0.1) is 24.4 Å². The average Bonchev–Trinajstić information content (AvgIpc) is 3.47. The van der Waals surface area contributed by atoms with Gasteiger partial charge in [0.1, 0.15) is 5.82 Å². The van der Waals surface area contributed by atoms with Crippen molar-refractivity contribution in [1.82, 2.24) is 14.8 Å². The molecule has 2 N–H and O–H groups in total. The molecule has 2 unspecified atom stereocenters. The number of carbonyl (C=O) groups excluding carboxylic acids is 1. The van der Waals surface area contributed by atoms with Gasteiger partial charge in [-0.15, -0.1) is 10.2 Å². The molecule has 1 saturated heterocycles. The molecule has 1 aliphatic heterocycles. The molecule has 2 heterocycles. The summed E-state index contributed by atoms with van der Waals surface area (Å²) in [5, 5.41) is 15.4. The zero-order valence-corrected chi connectivity index (χ0v) is 20.5. The van der Waals surface area contributed by atoms with Crippen LogP contribution in [0.25, 0.3) is 0 Å². The van der Waals surface area contributed by atoms with Gasteiger partial charge in [-0.3, -0.25) is 4.79 Å². The predicted octanol–water partition coefficient (Wildman–Crippen LogP) is 4.94. The molecule has 1 aliphatic rings. The van der Waals surface area contributed by atoms with E-state index >= 15 is 0 Å². The molecule has 2 aromatic carbocycles. The van der Waals surface area contributed by atoms with Crippen molar-refractivity contribution in [2.75, 3.05) is 17.2 Å². The van der Waals surface area contributed by atoms with Crippen molar-refractivity contribution in [3.8, 4) is 0 Å². The molecular weight excluding hydrogens is 453 g/mol. The maximum atomic E-state index is 13.2. The van der Waals surface area contributed by atoms with E-state index in [2.05, 4.69) is 20.8 Å². The second kappa shape index (κ2) is 11.0. The molecule has 4 rings (SSSR count). The Labute approximate surface area is 203 Å². The molecule has 180 valence electrons. The summed E-state index contributed by atoms with van der Waals surface area (Å²) >= 11 is 1.38. The van der Waals surface area contributed by atoms with Crippen LogP contribution in [0.3, 0.4) is 0 Å². The van der Waals surface area contributed by atoms with Crippen LogP contribution in [0.15, 0.2) is 47.6 Å². The maximum absolute atomic E-state index is 13.2. The van der Waals surface area contributed by atoms with E-state index in [0.29, 0.717) is 18.2 Å². The largest absolute Gasteiger partial charge is 0.378 e. The molecule has 1 amide bonds. The Morgan fingerprint density at radius 2 is 1.94 bits per heavy atom. The molecule has 1 aromatic heterocycles. The van der Waals surface area contributed by atoms with Gasteiger partial charge in [-0.1, -0.05) is 30.0 Å². The minimum Gasteiger partial charge on any atom is -0.378 e. The summed E-state index contributed by atoms with van der Waals surface area (Å²) < 4.78 is 21.1. The first-order valence-electron chi connectivity index (χ1n) is 11.5. The van der Waals surface area contributed by atoms with Crippen LogP contribution < -0.4 is 10.6 Å². The number of thioether (sulfide) groups is 1. The second-order valence-corrected chi connectivity index (χ2v) is 9.83. The van der Waals surface area contributed by atoms with E-state index in [1.54, 1.807) is 12.1 Å². The zero-order valence-electron chi connectivity index (χ0n) is 19.7. The number of benzene rings is 2. The first-order chi connectivity index (χ1) is 16.4. The van der Waals surface area contributed by atoms with E-state index in [1.807, 2.05) is 43.5 Å². The Morgan fingerprint density at radius 1 is 1.21 bits per heavy atom. The number of hydrogen-bond donors (Lipinski definition) is 2. The van der Waals surface area contributed by atoms with E-state index in [0.717, 1.165) is 47.8 Å². The van der Waals surface area contributed by atoms with Gasteiger partial charge >= 0.3 is 0 Å². The lowest BCUT2D eigenvalue weighted by Gasteiger charge is -2.18. The molecule has 0 aliphatic carbocycles. The molecular formula is C25H30FN5O2S. The van der Waals surface area contributed by atoms with Crippen LogP contribution in [0.1, 0.15) is 36.7 Å². The van der Waals surface area contributed by atoms with Crippen LogP contribution in [0, 0.1) is 19.7 Å². The minimum atomic E-state index is -0.371. The molecule has 0 saturated carbocycles. The van der Waals surface area contributed by atoms with Gasteiger partial charge in [0, 0.05) is 18.0 Å². The number of nitrogens with zero attached hydrogens (tertiary/aromatic N) is 3. The highest BCUT2D eigenvalue weighted by molar-refractivity contribution is 8.00. The second-order valence-electron chi connectivity index (χ2n) is 8.52. The smallest absolute Gasteiger partial charge is 0.237 e. The summed E-state index contributed by atoms with van der Waals surface area (Å²) in [7, 11) is 0. The Balaban J connectivity index is 1.48. The summed E-state index contributed by atoms with van der Waals surface area (Å²) in [5.41, 5.74) is 3.70. The lowest BCUT2D eigenvalue weighted by Crippen LogP contribution is -2.25. The van der Waals surface area contributed by atoms with Gasteiger partial charge in [0.2, 0.25) is 5.91 Å². The summed E-state index contributed by atoms with van der Waals surface area (Å²) in [4.78, 5) is 13.0. The van der Waals surface area contributed by atoms with E-state index in [-0.39, 0.29) is 23.1 Å². The molecule has 7 nitrogen and oxygen atoms in total. The monoisotopic (exact) mass is 483 g/mol. The summed E-state index contributed by atoms with van der Waals surface area (Å²) in [6.45, 7) is 7.65. The molecule has 0 spiro atoms. The number of hydrogen-bond acceptors (Lipinski definition) is 6. The fraction of sp³-hybridized carbons (Fsp3) is 0.400. The van der Waals surface area contributed by atoms with E-state index in [4.69, 9.17) is 4.74 Å². The SMILES string of the molecule is Cc1cccc(C)c1NC(=O)C(C)Sc1nnc(CNc2ccc(F)cc2)n1CC1CCCO1. The molecule has 0 radical (unpaired) electrons. The summed E-state index contributed by atoms with van der Waals surface area (Å²) in [6.07, 6.45) is 2.11. The van der Waals surface area contributed by atoms with Crippen LogP contribution in [0.4, 0.5) is 15.8 Å². The van der Waals surface area contributed by atoms with Gasteiger partial charge in [-0.25, -0.2) is 4.39 Å². The number of ether oxygens (including phenoxy) is 1. The van der Waals surface area contributed by atoms with Crippen molar-refractivity contribution in [3.05, 3.63) is 65.2 Å². The van der Waals surface area contributed by atoms with Gasteiger partial charge < -0.3 is 19.9 Å². The van der Waals surface area contributed by atoms with Crippen LogP contribution in [0.5, 0.6) is 0 Å². The van der Waals surface area contributed by atoms with Gasteiger partial charge in [0.15, 0.2) is 11.0 Å². The maximum Gasteiger partial charge on any atom is 0.237 e. The zero-order chi connectivity index (χ0) is 24.1. The number of aryl methyl sites for hydroxylation is 2. The van der Waals surface area contributed by atoms with Gasteiger partial charge in [-0.05, 0) is 69.0 Å². The number of amides is 1. The lowest BCUT2D eigenvalue weighted by molar-refractivity contribution is -0.115. The third kappa shape index (κ3) is 5.95. The van der Waals surface area contributed by atoms with Gasteiger partial charge in [0.25, 0.3) is 0 Å². The molecule has 1 fully saturated rings. The minimum absolute atomic E-state index is 0.0833. The number of nitrogens with one attached hydrogen (secondary N) is 2. The number of aromatic nitrogens is 3. The topological polar surface area (TPSA) is 81.1 Å². The van der Waals surface area contributed by atoms with Crippen LogP contribution in [-0.4, -0.2) is 38.6 Å². The first kappa shape index (κ1) is 24.2. The van der Waals surface area contributed by atoms with Crippen molar-refractivity contribution >= 4 is 29.0 Å². The quantitative estimate of drug-likeness (QED) is 0.420. The Bertz CT molecular complexity index is 1110. The highest BCUT2D eigenvalue weighted by atomic mass is 32.2. The standard InChI is InChI=1S/C25H30FN5O2S/c1-16-6-4-7-17(2)23(16)28-24(32)18(3)34-25-30-29-22(31(25)15-21-8-5-13-33-21)14-27-20-11-9-19(26)10-12-20/h4,6-7,9-12,18,21,27H,5,8,13-15H2,1-3H3,(H,28,32). The Morgan fingerprint density at radius 3 is 2.62 bits per heavy atom. The molecule has 0 bridgehead atoms. The highest BCUT2D eigenvalue weighted by Gasteiger charge is 2.24. The van der Waals surface area contributed by atoms with E-state index in [9.17, 15) is 9.18 Å². The average molecular weight is 484 g/mol. The van der Waals surface area contributed by atoms with Crippen LogP contribution in [-0.2, 0) is 22.6 Å². The first-order valence-corrected chi connectivity index (χ1v) is 12.4. The van der Waals surface area contributed by atoms with Crippen molar-refractivity contribution in [2.45, 2.75) is 63.2 Å². The van der Waals surface area contributed by atoms with Crippen LogP contribution in [0.2, 0.25) is 0 Å². The highest BCUT2D eigenvalue weighted by Crippen LogP contribution is 2.27. The number of halogens is 1. The summed E-state index contributed by atoms with van der Waals surface area (Å²) in [5.74, 6) is 0.378. The molecule has 3 aromatic rings. The lowest BCUT2D eigenvalue weighted by atomic mass is 10.1. The fourth-order valence-corrected chi connectivity index (χ4v) is 4.79. The van der Waals surface area contributed by atoms with E-state index in [1.165, 1.54) is 23.9 Å². The number of carbonyl (C=O) groups is 1. The number of rotatable bonds is 9. The third-order valence-corrected chi connectivity index (χ3v) is 6.96. The van der Waals surface area contributed by atoms with Crippen molar-refractivity contribution in [1.29, 1.82) is 0 Å². The number of para-hydroxylation sites is 1. The van der Waals surface area contributed by atoms with Crippen LogP contribution >= 0.6 is 11.8 Å². The van der Waals surface area contributed by atoms with Gasteiger partial charge in [-0.2, -0.15) is 0 Å². The predicted molar refractivity (Wildman–Crippen MR) is 133 cm³/mol. The van der Waals surface area contributed by atoms with E-state index < -0.39 is 0 Å². The third-order valence-electron chi connectivity index (χ3n) is 5.88. The molecule has 9 heteroatoms. The molecule has 34 heavy (non-hydrogen) atoms. The van der Waals surface area contributed by atoms with Crippen molar-refractivity contribution in [3.63, 3.8) is 0 Å². The normalized spacial score (nSPS) is 16.4. The molecule has 2 atom stereocenters. The Kier molecular flexibility index (Phi) is 7.84. The summed E-state index contributed by atoms with van der Waals surface area (Å²) in [6, 6.07) is 12.2. The fourth-order valence-electron chi connectivity index (χ4n) is 3.91. The van der Waals surface area contributed by atoms with Crippen molar-refractivity contribution in [2.24, 2.45) is 0 Å². The van der Waals surface area contributed by atoms with Crippen molar-refractivity contribution < 1.29 is 13.9 Å². The number of anilines is 2.